The lowest BCUT2D eigenvalue weighted by Crippen LogP contribution is -2.51. The third-order valence-corrected chi connectivity index (χ3v) is 11.8. The Bertz CT molecular complexity index is 1760. The van der Waals surface area contributed by atoms with Crippen LogP contribution in [0.1, 0.15) is 212 Å². The highest BCUT2D eigenvalue weighted by Crippen LogP contribution is 2.08. The minimum absolute atomic E-state index is 0. The van der Waals surface area contributed by atoms with E-state index in [-0.39, 0.29) is 153 Å². The molecule has 0 saturated carbocycles. The second-order valence-corrected chi connectivity index (χ2v) is 18.4. The summed E-state index contributed by atoms with van der Waals surface area (Å²) in [5.74, 6) is 0. The van der Waals surface area contributed by atoms with Crippen LogP contribution in [0.15, 0.2) is 73.3 Å². The smallest absolute Gasteiger partial charge is 0.204 e. The topological polar surface area (TPSA) is 313 Å². The minimum atomic E-state index is -0.798. The van der Waals surface area contributed by atoms with Crippen LogP contribution in [0.2, 0.25) is 0 Å². The van der Waals surface area contributed by atoms with E-state index >= 15 is 0 Å². The number of nitrogens with zero attached hydrogens (tertiary/aromatic N) is 14. The fraction of sp³-hybridized carbons (Fsp3) is 0.802. The van der Waals surface area contributed by atoms with Gasteiger partial charge in [0.05, 0.1) is 143 Å². The summed E-state index contributed by atoms with van der Waals surface area (Å²) in [7, 11) is 0. The monoisotopic (exact) mass is 1600 g/mol. The summed E-state index contributed by atoms with van der Waals surface area (Å²) in [6.45, 7) is 46.5. The van der Waals surface area contributed by atoms with Crippen molar-refractivity contribution in [1.29, 1.82) is 21.0 Å². The molecular formula is C81H188N14O15. The van der Waals surface area contributed by atoms with E-state index in [0.29, 0.717) is 255 Å². The van der Waals surface area contributed by atoms with Gasteiger partial charge in [0.15, 0.2) is 0 Å². The Hall–Kier alpha value is -5.88. The van der Waals surface area contributed by atoms with Crippen LogP contribution in [0.4, 0.5) is 0 Å². The molecule has 0 rings (SSSR count). The van der Waals surface area contributed by atoms with Crippen LogP contribution < -0.4 is 0 Å². The van der Waals surface area contributed by atoms with E-state index < -0.39 is 6.23 Å². The zero-order valence-electron chi connectivity index (χ0n) is 57.4. The Labute approximate surface area is 684 Å². The summed E-state index contributed by atoms with van der Waals surface area (Å²) in [6, 6.07) is 8.45. The van der Waals surface area contributed by atoms with Crippen molar-refractivity contribution in [3.63, 3.8) is 0 Å². The van der Waals surface area contributed by atoms with Crippen molar-refractivity contribution in [3.8, 4) is 24.3 Å². The molecule has 1 unspecified atom stereocenters. The Morgan fingerprint density at radius 2 is 0.545 bits per heavy atom. The molecular weight excluding hydrogens is 1410 g/mol. The molecule has 29 heteroatoms. The van der Waals surface area contributed by atoms with Gasteiger partial charge in [-0.1, -0.05) is 175 Å². The Morgan fingerprint density at radius 3 is 0.827 bits per heavy atom. The third kappa shape index (κ3) is 126. The van der Waals surface area contributed by atoms with Gasteiger partial charge in [-0.2, -0.15) is 35.7 Å². The zero-order chi connectivity index (χ0) is 69.8. The molecule has 0 spiro atoms. The number of ether oxygens (including phenoxy) is 7. The summed E-state index contributed by atoms with van der Waals surface area (Å²) in [5, 5.41) is 62.1. The maximum absolute atomic E-state index is 10.7. The molecule has 0 bridgehead atoms. The molecule has 672 valence electrons. The number of nitriles is 4. The van der Waals surface area contributed by atoms with Gasteiger partial charge >= 0.3 is 0 Å². The largest absolute Gasteiger partial charge is 0.391 e. The SMILES string of the molecule is C.C.C.C.C.C.C.C.C.C.C.C.C.C.C.C.C.C=C.C=C.C=C.C=C.CC/C=N/OOCCN(CCOO/N=C/CC)CCN(CCN(CCOO/N=C/CC)C(CO)O/N=C/CC)CN(CCN(CCOCCCC#N)CCOCCOCCC#N)CCN(CCOCCOCCC#N)CCOCCOCCC#N. The van der Waals surface area contributed by atoms with Crippen molar-refractivity contribution in [3.05, 3.63) is 52.6 Å². The quantitative estimate of drug-likeness (QED) is 0.0148. The van der Waals surface area contributed by atoms with Gasteiger partial charge in [0.1, 0.15) is 19.8 Å². The van der Waals surface area contributed by atoms with Crippen LogP contribution in [0.5, 0.6) is 0 Å². The van der Waals surface area contributed by atoms with Gasteiger partial charge < -0.3 is 43.1 Å². The Kier molecular flexibility index (Phi) is 227. The van der Waals surface area contributed by atoms with E-state index in [1.165, 1.54) is 0 Å². The molecule has 1 N–H and O–H groups in total. The average molecular weight is 1600 g/mol. The number of hydrogen-bond donors (Lipinski definition) is 1. The summed E-state index contributed by atoms with van der Waals surface area (Å²) in [6.07, 6.45) is 10.4. The standard InChI is InChI=1S/C56H104N14O15.4C2H4.17CH4/c1-5-18-61-82-56(54-71)70(36-47-81-85-64-21-8-4)29-28-69(27-24-67(34-45-79-83-62-19-6-2)35-46-80-84-63-20-7-3)55-68(25-22-65(30-41-72-37-10-9-14-57)31-42-76-51-48-73-38-11-15-58)26-23-66(32-43-77-52-49-74-39-12-16-59)33-44-78-53-50-75-40-13-17-60;4*1-2;;;;;;;;;;;;;;;;;/h18-21,56,71H,5-13,22-55H2,1-4H3;4*1-2H2;17*1H4/b61-18+,62-19+,63-20+,64-21+;;;;;;;;;;;;;;;;;;;;;. The van der Waals surface area contributed by atoms with Crippen LogP contribution in [0, 0.1) is 45.3 Å². The zero-order valence-corrected chi connectivity index (χ0v) is 57.4. The molecule has 0 aromatic heterocycles. The maximum Gasteiger partial charge on any atom is 0.204 e. The number of unbranched alkanes of at least 4 members (excludes halogenated alkanes) is 1. The number of rotatable bonds is 67. The van der Waals surface area contributed by atoms with Crippen molar-refractivity contribution in [2.75, 3.05) is 224 Å². The molecule has 0 aliphatic carbocycles. The van der Waals surface area contributed by atoms with Gasteiger partial charge in [-0.25, -0.2) is 15.0 Å². The van der Waals surface area contributed by atoms with Gasteiger partial charge in [-0.3, -0.25) is 29.4 Å². The van der Waals surface area contributed by atoms with Crippen molar-refractivity contribution < 1.29 is 72.7 Å². The van der Waals surface area contributed by atoms with E-state index in [0.717, 1.165) is 0 Å². The lowest BCUT2D eigenvalue weighted by atomic mass is 10.3. The second-order valence-electron chi connectivity index (χ2n) is 18.4. The van der Waals surface area contributed by atoms with Crippen LogP contribution in [0.25, 0.3) is 0 Å². The lowest BCUT2D eigenvalue weighted by Gasteiger charge is -2.36. The van der Waals surface area contributed by atoms with Crippen LogP contribution >= 0.6 is 0 Å². The summed E-state index contributed by atoms with van der Waals surface area (Å²) >= 11 is 0. The molecule has 110 heavy (non-hydrogen) atoms. The van der Waals surface area contributed by atoms with E-state index in [1.54, 1.807) is 24.9 Å². The van der Waals surface area contributed by atoms with Gasteiger partial charge in [-0.05, 0) is 32.1 Å². The average Bonchev–Trinajstić information content (AvgIpc) is 0.897. The summed E-state index contributed by atoms with van der Waals surface area (Å²) in [4.78, 5) is 50.7. The van der Waals surface area contributed by atoms with Crippen molar-refractivity contribution in [2.45, 2.75) is 218 Å². The molecule has 1 atom stereocenters. The fourth-order valence-corrected chi connectivity index (χ4v) is 7.17. The highest BCUT2D eigenvalue weighted by molar-refractivity contribution is 5.56. The number of oxime groups is 4. The van der Waals surface area contributed by atoms with E-state index in [4.69, 9.17) is 88.7 Å². The highest BCUT2D eigenvalue weighted by Gasteiger charge is 2.23. The lowest BCUT2D eigenvalue weighted by molar-refractivity contribution is -0.302. The number of aliphatic hydroxyl groups is 1. The normalized spacial score (nSPS) is 9.66. The van der Waals surface area contributed by atoms with Crippen LogP contribution in [-0.2, 0) is 67.6 Å². The van der Waals surface area contributed by atoms with E-state index in [2.05, 4.69) is 122 Å². The Balaban J connectivity index is -0.000000149. The highest BCUT2D eigenvalue weighted by atomic mass is 17.3. The number of aliphatic hydroxyl groups excluding tert-OH is 1. The molecule has 0 aromatic carbocycles. The molecule has 0 aliphatic heterocycles. The van der Waals surface area contributed by atoms with Gasteiger partial charge in [0.2, 0.25) is 6.23 Å². The molecule has 29 nitrogen and oxygen atoms in total. The summed E-state index contributed by atoms with van der Waals surface area (Å²) < 4.78 is 40.6. The first-order chi connectivity index (χ1) is 46.0. The molecule has 0 fully saturated rings. The second kappa shape index (κ2) is 152. The van der Waals surface area contributed by atoms with Gasteiger partial charge in [0.25, 0.3) is 0 Å². The molecule has 0 aromatic rings. The van der Waals surface area contributed by atoms with Gasteiger partial charge in [-0.15, -0.1) is 52.6 Å². The summed E-state index contributed by atoms with van der Waals surface area (Å²) in [5.41, 5.74) is 0. The molecule has 0 aliphatic rings. The molecule has 0 saturated heterocycles. The minimum Gasteiger partial charge on any atom is -0.391 e. The first-order valence-corrected chi connectivity index (χ1v) is 32.0. The van der Waals surface area contributed by atoms with Crippen molar-refractivity contribution in [2.24, 2.45) is 20.6 Å². The molecule has 0 amide bonds. The molecule has 0 radical (unpaired) electrons. The van der Waals surface area contributed by atoms with Crippen molar-refractivity contribution in [1.82, 2.24) is 29.4 Å². The fourth-order valence-electron chi connectivity index (χ4n) is 7.17. The third-order valence-electron chi connectivity index (χ3n) is 11.8. The number of hydrogen-bond acceptors (Lipinski definition) is 29. The predicted octanol–water partition coefficient (Wildman–Crippen LogP) is 17.7. The first kappa shape index (κ1) is 164. The maximum atomic E-state index is 10.7. The molecule has 0 heterocycles. The van der Waals surface area contributed by atoms with Gasteiger partial charge in [0, 0.05) is 136 Å². The van der Waals surface area contributed by atoms with Crippen molar-refractivity contribution >= 4 is 24.9 Å². The Morgan fingerprint density at radius 1 is 0.300 bits per heavy atom. The predicted molar refractivity (Wildman–Crippen MR) is 478 cm³/mol. The van der Waals surface area contributed by atoms with E-state index in [9.17, 15) is 5.11 Å². The first-order valence-electron chi connectivity index (χ1n) is 32.0. The van der Waals surface area contributed by atoms with E-state index in [1.807, 2.05) is 32.6 Å². The van der Waals surface area contributed by atoms with Crippen LogP contribution in [-0.4, -0.2) is 289 Å². The van der Waals surface area contributed by atoms with Crippen LogP contribution in [0.3, 0.4) is 0 Å².